The number of para-hydroxylation sites is 2. The van der Waals surface area contributed by atoms with Crippen LogP contribution in [0.15, 0.2) is 53.5 Å². The fourth-order valence-electron chi connectivity index (χ4n) is 1.81. The van der Waals surface area contributed by atoms with E-state index in [0.29, 0.717) is 11.6 Å². The van der Waals surface area contributed by atoms with Gasteiger partial charge in [-0.15, -0.1) is 0 Å². The highest BCUT2D eigenvalue weighted by atomic mass is 35.5. The van der Waals surface area contributed by atoms with Crippen LogP contribution in [0.5, 0.6) is 5.75 Å². The van der Waals surface area contributed by atoms with Crippen molar-refractivity contribution in [3.63, 3.8) is 0 Å². The van der Waals surface area contributed by atoms with E-state index in [1.165, 1.54) is 0 Å². The van der Waals surface area contributed by atoms with Gasteiger partial charge in [0.15, 0.2) is 0 Å². The van der Waals surface area contributed by atoms with Crippen molar-refractivity contribution in [3.05, 3.63) is 59.1 Å². The maximum absolute atomic E-state index is 5.97. The molecule has 0 spiro atoms. The molecule has 0 unspecified atom stereocenters. The first-order chi connectivity index (χ1) is 8.33. The molecule has 0 saturated heterocycles. The number of aliphatic imine (C=N–C) groups is 1. The Balaban J connectivity index is 2.04. The van der Waals surface area contributed by atoms with Crippen LogP contribution in [-0.4, -0.2) is 12.3 Å². The molecule has 0 fully saturated rings. The molecule has 84 valence electrons. The zero-order valence-corrected chi connectivity index (χ0v) is 9.82. The van der Waals surface area contributed by atoms with Gasteiger partial charge in [0.2, 0.25) is 0 Å². The van der Waals surface area contributed by atoms with Crippen molar-refractivity contribution >= 4 is 23.0 Å². The molecule has 0 bridgehead atoms. The predicted molar refractivity (Wildman–Crippen MR) is 69.6 cm³/mol. The molecule has 0 saturated carbocycles. The van der Waals surface area contributed by atoms with Crippen LogP contribution >= 0.6 is 11.6 Å². The summed E-state index contributed by atoms with van der Waals surface area (Å²) in [5.41, 5.74) is 2.78. The maximum atomic E-state index is 5.97. The first-order valence-electron chi connectivity index (χ1n) is 5.38. The van der Waals surface area contributed by atoms with E-state index in [1.54, 1.807) is 0 Å². The van der Waals surface area contributed by atoms with Crippen molar-refractivity contribution in [2.45, 2.75) is 0 Å². The number of hydrogen-bond donors (Lipinski definition) is 0. The lowest BCUT2D eigenvalue weighted by molar-refractivity contribution is 0.373. The zero-order valence-electron chi connectivity index (χ0n) is 9.06. The minimum atomic E-state index is 0.483. The van der Waals surface area contributed by atoms with E-state index in [9.17, 15) is 0 Å². The van der Waals surface area contributed by atoms with E-state index in [-0.39, 0.29) is 0 Å². The van der Waals surface area contributed by atoms with Gasteiger partial charge in [-0.25, -0.2) is 4.99 Å². The van der Waals surface area contributed by atoms with Crippen LogP contribution in [0.3, 0.4) is 0 Å². The highest BCUT2D eigenvalue weighted by Crippen LogP contribution is 2.31. The van der Waals surface area contributed by atoms with Gasteiger partial charge in [0.25, 0.3) is 0 Å². The summed E-state index contributed by atoms with van der Waals surface area (Å²) in [5.74, 6) is 0.832. The summed E-state index contributed by atoms with van der Waals surface area (Å²) < 4.78 is 5.66. The third-order valence-electron chi connectivity index (χ3n) is 2.64. The molecule has 3 rings (SSSR count). The van der Waals surface area contributed by atoms with Gasteiger partial charge < -0.3 is 4.74 Å². The van der Waals surface area contributed by atoms with Crippen molar-refractivity contribution < 1.29 is 4.74 Å². The molecule has 1 heterocycles. The second-order valence-corrected chi connectivity index (χ2v) is 4.26. The van der Waals surface area contributed by atoms with Crippen molar-refractivity contribution in [2.24, 2.45) is 4.99 Å². The molecule has 1 aliphatic heterocycles. The van der Waals surface area contributed by atoms with E-state index < -0.39 is 0 Å². The molecule has 0 atom stereocenters. The van der Waals surface area contributed by atoms with E-state index in [0.717, 1.165) is 22.7 Å². The third-order valence-corrected chi connectivity index (χ3v) is 2.88. The van der Waals surface area contributed by atoms with Crippen molar-refractivity contribution in [1.29, 1.82) is 0 Å². The normalized spacial score (nSPS) is 13.6. The van der Waals surface area contributed by atoms with Gasteiger partial charge in [0.1, 0.15) is 18.0 Å². The highest BCUT2D eigenvalue weighted by Gasteiger charge is 2.13. The second-order valence-electron chi connectivity index (χ2n) is 3.83. The fraction of sp³-hybridized carbons (Fsp3) is 0.0714. The van der Waals surface area contributed by atoms with Gasteiger partial charge in [0, 0.05) is 10.6 Å². The van der Waals surface area contributed by atoms with E-state index in [1.807, 2.05) is 48.5 Å². The Morgan fingerprint density at radius 2 is 1.94 bits per heavy atom. The lowest BCUT2D eigenvalue weighted by Gasteiger charge is -2.16. The Kier molecular flexibility index (Phi) is 2.57. The molecular weight excluding hydrogens is 234 g/mol. The number of hydrogen-bond acceptors (Lipinski definition) is 2. The molecule has 17 heavy (non-hydrogen) atoms. The first-order valence-corrected chi connectivity index (χ1v) is 5.76. The summed E-state index contributed by atoms with van der Waals surface area (Å²) in [7, 11) is 0. The summed E-state index contributed by atoms with van der Waals surface area (Å²) in [6.07, 6.45) is 0. The van der Waals surface area contributed by atoms with Crippen molar-refractivity contribution in [1.82, 2.24) is 0 Å². The molecule has 2 aromatic carbocycles. The zero-order chi connectivity index (χ0) is 11.7. The summed E-state index contributed by atoms with van der Waals surface area (Å²) in [5, 5.41) is 0.712. The second kappa shape index (κ2) is 4.22. The van der Waals surface area contributed by atoms with Gasteiger partial charge in [-0.05, 0) is 24.3 Å². The maximum Gasteiger partial charge on any atom is 0.145 e. The van der Waals surface area contributed by atoms with Gasteiger partial charge in [-0.2, -0.15) is 0 Å². The number of nitrogens with zero attached hydrogens (tertiary/aromatic N) is 1. The number of benzene rings is 2. The summed E-state index contributed by atoms with van der Waals surface area (Å²) in [4.78, 5) is 4.59. The van der Waals surface area contributed by atoms with Crippen LogP contribution in [0.2, 0.25) is 5.02 Å². The van der Waals surface area contributed by atoms with Crippen LogP contribution in [0.1, 0.15) is 5.56 Å². The van der Waals surface area contributed by atoms with Gasteiger partial charge in [0.05, 0.1) is 5.71 Å². The van der Waals surface area contributed by atoms with Gasteiger partial charge >= 0.3 is 0 Å². The van der Waals surface area contributed by atoms with Crippen LogP contribution in [0, 0.1) is 0 Å². The SMILES string of the molecule is Clc1cccc(C2=Nc3ccccc3OC2)c1. The van der Waals surface area contributed by atoms with Crippen LogP contribution in [-0.2, 0) is 0 Å². The lowest BCUT2D eigenvalue weighted by atomic mass is 10.1. The molecule has 0 amide bonds. The molecule has 0 N–H and O–H groups in total. The number of ether oxygens (including phenoxy) is 1. The number of fused-ring (bicyclic) bond motifs is 1. The number of halogens is 1. The van der Waals surface area contributed by atoms with Crippen molar-refractivity contribution in [3.8, 4) is 5.75 Å². The number of rotatable bonds is 1. The Morgan fingerprint density at radius 3 is 2.82 bits per heavy atom. The molecule has 2 nitrogen and oxygen atoms in total. The van der Waals surface area contributed by atoms with E-state index >= 15 is 0 Å². The van der Waals surface area contributed by atoms with Crippen LogP contribution in [0.4, 0.5) is 5.69 Å². The topological polar surface area (TPSA) is 21.6 Å². The van der Waals surface area contributed by atoms with E-state index in [4.69, 9.17) is 16.3 Å². The van der Waals surface area contributed by atoms with Crippen LogP contribution < -0.4 is 4.74 Å². The average molecular weight is 244 g/mol. The Hall–Kier alpha value is -1.80. The van der Waals surface area contributed by atoms with Crippen LogP contribution in [0.25, 0.3) is 0 Å². The highest BCUT2D eigenvalue weighted by molar-refractivity contribution is 6.31. The largest absolute Gasteiger partial charge is 0.485 e. The lowest BCUT2D eigenvalue weighted by Crippen LogP contribution is -2.16. The smallest absolute Gasteiger partial charge is 0.145 e. The minimum absolute atomic E-state index is 0.483. The average Bonchev–Trinajstić information content (AvgIpc) is 2.38. The molecule has 0 radical (unpaired) electrons. The fourth-order valence-corrected chi connectivity index (χ4v) is 2.00. The van der Waals surface area contributed by atoms with Gasteiger partial charge in [-0.1, -0.05) is 35.9 Å². The predicted octanol–water partition coefficient (Wildman–Crippen LogP) is 3.85. The quantitative estimate of drug-likeness (QED) is 0.746. The molecule has 1 aliphatic rings. The first kappa shape index (κ1) is 10.4. The molecule has 3 heteroatoms. The van der Waals surface area contributed by atoms with Crippen molar-refractivity contribution in [2.75, 3.05) is 6.61 Å². The Bertz CT molecular complexity index is 592. The third kappa shape index (κ3) is 2.04. The van der Waals surface area contributed by atoms with E-state index in [2.05, 4.69) is 4.99 Å². The molecule has 0 aliphatic carbocycles. The Morgan fingerprint density at radius 1 is 1.06 bits per heavy atom. The standard InChI is InChI=1S/C14H10ClNO/c15-11-5-3-4-10(8-11)13-9-17-14-7-2-1-6-12(14)16-13/h1-8H,9H2. The molecule has 0 aromatic heterocycles. The summed E-state index contributed by atoms with van der Waals surface area (Å²) in [6.45, 7) is 0.483. The molecular formula is C14H10ClNO. The molecule has 2 aromatic rings. The monoisotopic (exact) mass is 243 g/mol. The summed E-state index contributed by atoms with van der Waals surface area (Å²) in [6, 6.07) is 15.4. The van der Waals surface area contributed by atoms with Gasteiger partial charge in [-0.3, -0.25) is 0 Å². The summed E-state index contributed by atoms with van der Waals surface area (Å²) >= 11 is 5.97. The Labute approximate surface area is 105 Å². The minimum Gasteiger partial charge on any atom is -0.485 e.